The summed E-state index contributed by atoms with van der Waals surface area (Å²) in [6.45, 7) is 1.28. The second kappa shape index (κ2) is 11.3. The molecule has 1 aromatic rings. The van der Waals surface area contributed by atoms with E-state index in [1.807, 2.05) is 4.90 Å². The van der Waals surface area contributed by atoms with Crippen molar-refractivity contribution in [1.82, 2.24) is 15.1 Å². The van der Waals surface area contributed by atoms with Gasteiger partial charge in [-0.1, -0.05) is 31.4 Å². The lowest BCUT2D eigenvalue weighted by Gasteiger charge is -2.43. The molecule has 8 nitrogen and oxygen atoms in total. The number of halogens is 6. The number of fused-ring (bicyclic) bond motifs is 2. The number of hydrogen-bond donors (Lipinski definition) is 2. The number of aliphatic carboxylic acids is 1. The van der Waals surface area contributed by atoms with Crippen molar-refractivity contribution in [2.24, 2.45) is 17.8 Å². The van der Waals surface area contributed by atoms with Crippen molar-refractivity contribution in [3.05, 3.63) is 35.4 Å². The summed E-state index contributed by atoms with van der Waals surface area (Å²) in [7, 11) is 1.42. The Morgan fingerprint density at radius 3 is 2.10 bits per heavy atom. The number of carbonyl (C=O) groups excluding carboxylic acids is 3. The van der Waals surface area contributed by atoms with Crippen LogP contribution in [0.1, 0.15) is 62.1 Å². The normalized spacial score (nSPS) is 29.0. The Morgan fingerprint density at radius 1 is 0.976 bits per heavy atom. The van der Waals surface area contributed by atoms with Crippen LogP contribution in [0, 0.1) is 17.8 Å². The Hall–Kier alpha value is -3.16. The predicted molar refractivity (Wildman–Crippen MR) is 131 cm³/mol. The summed E-state index contributed by atoms with van der Waals surface area (Å²) in [5.41, 5.74) is -1.50. The number of imide groups is 1. The minimum absolute atomic E-state index is 0.148. The van der Waals surface area contributed by atoms with E-state index < -0.39 is 47.3 Å². The lowest BCUT2D eigenvalue weighted by Crippen LogP contribution is -2.63. The van der Waals surface area contributed by atoms with E-state index in [1.54, 1.807) is 0 Å². The molecule has 0 radical (unpaired) electrons. The van der Waals surface area contributed by atoms with Gasteiger partial charge in [-0.15, -0.1) is 0 Å². The topological polar surface area (TPSA) is 107 Å². The van der Waals surface area contributed by atoms with Crippen LogP contribution < -0.4 is 5.32 Å². The Morgan fingerprint density at radius 2 is 1.56 bits per heavy atom. The van der Waals surface area contributed by atoms with Gasteiger partial charge in [-0.25, -0.2) is 4.79 Å². The Kier molecular flexibility index (Phi) is 8.45. The number of nitrogens with one attached hydrogen (secondary N) is 1. The first-order valence-electron chi connectivity index (χ1n) is 13.4. The molecule has 4 atom stereocenters. The highest BCUT2D eigenvalue weighted by atomic mass is 19.4. The van der Waals surface area contributed by atoms with Crippen LogP contribution >= 0.6 is 0 Å². The molecule has 1 spiro atoms. The third-order valence-corrected chi connectivity index (χ3v) is 8.59. The van der Waals surface area contributed by atoms with Gasteiger partial charge >= 0.3 is 18.3 Å². The molecule has 41 heavy (non-hydrogen) atoms. The SMILES string of the molecule is CN1C(=O)[C@H]2[C@@H](c3ccc(C(F)(F)F)cc3)N[C@]3(CCCN(CC4CCCCC4)C3=O)[C@H]2C1=O.O=C(O)C(F)(F)F. The molecule has 1 saturated carbocycles. The summed E-state index contributed by atoms with van der Waals surface area (Å²) in [5, 5.41) is 10.5. The maximum Gasteiger partial charge on any atom is 0.490 e. The third-order valence-electron chi connectivity index (χ3n) is 8.59. The van der Waals surface area contributed by atoms with E-state index in [-0.39, 0.29) is 17.7 Å². The molecule has 0 aromatic heterocycles. The standard InChI is InChI=1S/C25H30F3N3O3.C2HF3O2/c1-30-21(32)18-19(22(30)33)24(29-20(18)16-8-10-17(11-9-16)25(26,27)28)12-5-13-31(23(24)34)14-15-6-3-2-4-7-15;3-2(4,5)1(6)7/h8-11,15,18-20,29H,2-7,12-14H2,1H3;(H,6,7)/t18-,19-,20-,24-;/m1./s1. The quantitative estimate of drug-likeness (QED) is 0.404. The van der Waals surface area contributed by atoms with Crippen LogP contribution in [0.4, 0.5) is 26.3 Å². The molecule has 0 unspecified atom stereocenters. The maximum atomic E-state index is 13.9. The number of piperidine rings is 1. The van der Waals surface area contributed by atoms with E-state index in [0.29, 0.717) is 37.4 Å². The largest absolute Gasteiger partial charge is 0.490 e. The molecule has 4 aliphatic rings. The molecule has 1 aliphatic carbocycles. The number of carboxylic acid groups (broad SMARTS) is 1. The van der Waals surface area contributed by atoms with Crippen LogP contribution in [0.5, 0.6) is 0 Å². The van der Waals surface area contributed by atoms with Gasteiger partial charge in [0, 0.05) is 26.2 Å². The number of amides is 3. The molecule has 3 heterocycles. The highest BCUT2D eigenvalue weighted by molar-refractivity contribution is 6.10. The van der Waals surface area contributed by atoms with Crippen molar-refractivity contribution in [3.8, 4) is 0 Å². The van der Waals surface area contributed by atoms with Crippen LogP contribution in [0.2, 0.25) is 0 Å². The molecule has 3 aliphatic heterocycles. The fourth-order valence-corrected chi connectivity index (χ4v) is 6.63. The molecule has 14 heteroatoms. The Bertz CT molecular complexity index is 1180. The van der Waals surface area contributed by atoms with Gasteiger partial charge in [-0.2, -0.15) is 26.3 Å². The average Bonchev–Trinajstić information content (AvgIpc) is 3.36. The van der Waals surface area contributed by atoms with Crippen LogP contribution in [-0.4, -0.2) is 70.4 Å². The number of benzene rings is 1. The van der Waals surface area contributed by atoms with Crippen molar-refractivity contribution in [1.29, 1.82) is 0 Å². The minimum atomic E-state index is -5.08. The summed E-state index contributed by atoms with van der Waals surface area (Å²) in [5.74, 6) is -4.89. The predicted octanol–water partition coefficient (Wildman–Crippen LogP) is 4.16. The summed E-state index contributed by atoms with van der Waals surface area (Å²) < 4.78 is 71.0. The monoisotopic (exact) mass is 591 g/mol. The van der Waals surface area contributed by atoms with Crippen molar-refractivity contribution in [2.75, 3.05) is 20.1 Å². The number of hydrogen-bond acceptors (Lipinski definition) is 5. The lowest BCUT2D eigenvalue weighted by atomic mass is 9.74. The zero-order chi connectivity index (χ0) is 30.3. The van der Waals surface area contributed by atoms with Gasteiger partial charge in [0.2, 0.25) is 17.7 Å². The fraction of sp³-hybridized carbons (Fsp3) is 0.630. The number of alkyl halides is 6. The van der Waals surface area contributed by atoms with Crippen molar-refractivity contribution in [3.63, 3.8) is 0 Å². The molecule has 1 aromatic carbocycles. The van der Waals surface area contributed by atoms with Crippen molar-refractivity contribution >= 4 is 23.7 Å². The van der Waals surface area contributed by atoms with Crippen molar-refractivity contribution < 1.29 is 50.6 Å². The minimum Gasteiger partial charge on any atom is -0.475 e. The highest BCUT2D eigenvalue weighted by Gasteiger charge is 2.68. The Labute approximate surface area is 232 Å². The zero-order valence-corrected chi connectivity index (χ0v) is 22.2. The number of carbonyl (C=O) groups is 4. The smallest absolute Gasteiger partial charge is 0.475 e. The molecule has 0 bridgehead atoms. The van der Waals surface area contributed by atoms with E-state index in [1.165, 1.54) is 25.6 Å². The van der Waals surface area contributed by atoms with E-state index in [4.69, 9.17) is 9.90 Å². The summed E-state index contributed by atoms with van der Waals surface area (Å²) in [6, 6.07) is 3.96. The van der Waals surface area contributed by atoms with Gasteiger partial charge in [0.15, 0.2) is 0 Å². The maximum absolute atomic E-state index is 13.9. The van der Waals surface area contributed by atoms with Crippen molar-refractivity contribution in [2.45, 2.75) is 68.9 Å². The second-order valence-corrected chi connectivity index (χ2v) is 11.1. The Balaban J connectivity index is 0.000000493. The molecule has 5 rings (SSSR count). The fourth-order valence-electron chi connectivity index (χ4n) is 6.63. The van der Waals surface area contributed by atoms with E-state index in [2.05, 4.69) is 5.32 Å². The molecule has 2 N–H and O–H groups in total. The average molecular weight is 592 g/mol. The van der Waals surface area contributed by atoms with Gasteiger partial charge in [0.25, 0.3) is 0 Å². The summed E-state index contributed by atoms with van der Waals surface area (Å²) in [4.78, 5) is 52.1. The molecule has 3 amide bonds. The summed E-state index contributed by atoms with van der Waals surface area (Å²) in [6.07, 6.45) is -2.70. The first-order valence-corrected chi connectivity index (χ1v) is 13.4. The number of carboxylic acids is 1. The molecule has 226 valence electrons. The van der Waals surface area contributed by atoms with Crippen LogP contribution in [0.25, 0.3) is 0 Å². The van der Waals surface area contributed by atoms with Crippen LogP contribution in [0.3, 0.4) is 0 Å². The number of rotatable bonds is 3. The third kappa shape index (κ3) is 5.93. The molecular weight excluding hydrogens is 560 g/mol. The lowest BCUT2D eigenvalue weighted by molar-refractivity contribution is -0.192. The van der Waals surface area contributed by atoms with Gasteiger partial charge < -0.3 is 10.0 Å². The van der Waals surface area contributed by atoms with Gasteiger partial charge in [0.1, 0.15) is 5.54 Å². The first-order chi connectivity index (χ1) is 19.1. The zero-order valence-electron chi connectivity index (χ0n) is 22.2. The molecule has 3 saturated heterocycles. The van der Waals surface area contributed by atoms with Gasteiger partial charge in [-0.05, 0) is 49.3 Å². The number of likely N-dealkylation sites (tertiary alicyclic amines) is 2. The number of nitrogens with zero attached hydrogens (tertiary/aromatic N) is 2. The summed E-state index contributed by atoms with van der Waals surface area (Å²) >= 11 is 0. The first kappa shape index (κ1) is 30.8. The van der Waals surface area contributed by atoms with Gasteiger partial charge in [-0.3, -0.25) is 24.6 Å². The van der Waals surface area contributed by atoms with Gasteiger partial charge in [0.05, 0.1) is 17.4 Å². The molecular formula is C27H31F6N3O5. The van der Waals surface area contributed by atoms with Crippen LogP contribution in [-0.2, 0) is 25.4 Å². The van der Waals surface area contributed by atoms with E-state index in [0.717, 1.165) is 42.7 Å². The molecule has 4 fully saturated rings. The van der Waals surface area contributed by atoms with E-state index in [9.17, 15) is 40.7 Å². The second-order valence-electron chi connectivity index (χ2n) is 11.1. The van der Waals surface area contributed by atoms with E-state index >= 15 is 0 Å². The van der Waals surface area contributed by atoms with Crippen LogP contribution in [0.15, 0.2) is 24.3 Å². The highest BCUT2D eigenvalue weighted by Crippen LogP contribution is 2.52.